The molecule has 0 saturated heterocycles. The number of hydrogen-bond donors (Lipinski definition) is 1. The molecule has 1 atom stereocenters. The second-order valence-corrected chi connectivity index (χ2v) is 7.50. The molecular formula is C19H13Br2N3O4. The van der Waals surface area contributed by atoms with E-state index in [4.69, 9.17) is 15.2 Å². The van der Waals surface area contributed by atoms with E-state index in [9.17, 15) is 15.4 Å². The van der Waals surface area contributed by atoms with E-state index in [0.29, 0.717) is 31.6 Å². The molecule has 0 amide bonds. The quantitative estimate of drug-likeness (QED) is 0.462. The zero-order valence-electron chi connectivity index (χ0n) is 14.5. The Morgan fingerprint density at radius 3 is 2.50 bits per heavy atom. The fourth-order valence-electron chi connectivity index (χ4n) is 2.93. The van der Waals surface area contributed by atoms with Gasteiger partial charge < -0.3 is 15.2 Å². The summed E-state index contributed by atoms with van der Waals surface area (Å²) in [4.78, 5) is 11.0. The van der Waals surface area contributed by atoms with Crippen LogP contribution in [0.15, 0.2) is 62.9 Å². The van der Waals surface area contributed by atoms with Crippen LogP contribution < -0.4 is 10.5 Å². The third-order valence-electron chi connectivity index (χ3n) is 4.19. The number of ether oxygens (including phenoxy) is 2. The molecule has 0 spiro atoms. The van der Waals surface area contributed by atoms with Gasteiger partial charge in [0, 0.05) is 17.2 Å². The fourth-order valence-corrected chi connectivity index (χ4v) is 4.44. The third-order valence-corrected chi connectivity index (χ3v) is 5.37. The summed E-state index contributed by atoms with van der Waals surface area (Å²) < 4.78 is 12.3. The molecule has 0 radical (unpaired) electrons. The van der Waals surface area contributed by atoms with Crippen LogP contribution in [-0.2, 0) is 4.74 Å². The molecule has 1 aliphatic rings. The number of para-hydroxylation sites is 1. The van der Waals surface area contributed by atoms with Crippen LogP contribution >= 0.6 is 31.9 Å². The van der Waals surface area contributed by atoms with Gasteiger partial charge in [-0.2, -0.15) is 5.26 Å². The molecule has 1 aliphatic heterocycles. The van der Waals surface area contributed by atoms with Crippen molar-refractivity contribution in [1.29, 1.82) is 5.26 Å². The molecule has 0 saturated carbocycles. The lowest BCUT2D eigenvalue weighted by Gasteiger charge is -2.23. The minimum absolute atomic E-state index is 0.0915. The average molecular weight is 507 g/mol. The maximum absolute atomic E-state index is 11.4. The molecule has 3 rings (SSSR count). The van der Waals surface area contributed by atoms with E-state index in [1.807, 2.05) is 6.07 Å². The summed E-state index contributed by atoms with van der Waals surface area (Å²) in [7, 11) is 1.55. The number of benzene rings is 2. The van der Waals surface area contributed by atoms with Gasteiger partial charge >= 0.3 is 0 Å². The summed E-state index contributed by atoms with van der Waals surface area (Å²) in [5, 5.41) is 21.0. The Morgan fingerprint density at radius 1 is 1.29 bits per heavy atom. The van der Waals surface area contributed by atoms with Crippen molar-refractivity contribution in [3.05, 3.63) is 84.1 Å². The highest BCUT2D eigenvalue weighted by Crippen LogP contribution is 2.42. The van der Waals surface area contributed by atoms with E-state index >= 15 is 0 Å². The zero-order chi connectivity index (χ0) is 20.4. The normalized spacial score (nSPS) is 16.1. The Morgan fingerprint density at radius 2 is 1.93 bits per heavy atom. The van der Waals surface area contributed by atoms with Crippen molar-refractivity contribution in [2.24, 2.45) is 5.73 Å². The lowest BCUT2D eigenvalue weighted by atomic mass is 9.88. The van der Waals surface area contributed by atoms with E-state index in [2.05, 4.69) is 31.9 Å². The van der Waals surface area contributed by atoms with E-state index in [-0.39, 0.29) is 17.1 Å². The summed E-state index contributed by atoms with van der Waals surface area (Å²) >= 11 is 6.87. The maximum Gasteiger partial charge on any atom is 0.273 e. The van der Waals surface area contributed by atoms with Gasteiger partial charge in [-0.3, -0.25) is 10.1 Å². The fraction of sp³-hybridized carbons (Fsp3) is 0.105. The number of methoxy groups -OCH3 is 1. The van der Waals surface area contributed by atoms with Crippen molar-refractivity contribution >= 4 is 43.3 Å². The average Bonchev–Trinajstić information content (AvgIpc) is 2.67. The second kappa shape index (κ2) is 8.04. The number of nitro benzene ring substituents is 1. The summed E-state index contributed by atoms with van der Waals surface area (Å²) in [6.07, 6.45) is 1.65. The smallest absolute Gasteiger partial charge is 0.273 e. The molecule has 28 heavy (non-hydrogen) atoms. The number of halogens is 2. The topological polar surface area (TPSA) is 111 Å². The molecule has 1 heterocycles. The Balaban J connectivity index is 2.17. The summed E-state index contributed by atoms with van der Waals surface area (Å²) in [5.74, 6) is 0.182. The number of nitriles is 1. The third kappa shape index (κ3) is 3.61. The van der Waals surface area contributed by atoms with Gasteiger partial charge in [0.05, 0.1) is 26.9 Å². The van der Waals surface area contributed by atoms with E-state index in [1.54, 1.807) is 43.5 Å². The molecule has 0 bridgehead atoms. The Labute approximate surface area is 177 Å². The first-order valence-corrected chi connectivity index (χ1v) is 9.52. The minimum Gasteiger partial charge on any atom is -0.494 e. The van der Waals surface area contributed by atoms with Gasteiger partial charge in [0.15, 0.2) is 0 Å². The van der Waals surface area contributed by atoms with Gasteiger partial charge in [-0.25, -0.2) is 0 Å². The van der Waals surface area contributed by atoms with Crippen molar-refractivity contribution in [3.8, 4) is 11.8 Å². The van der Waals surface area contributed by atoms with Gasteiger partial charge in [0.1, 0.15) is 23.2 Å². The van der Waals surface area contributed by atoms with Gasteiger partial charge in [-0.15, -0.1) is 0 Å². The van der Waals surface area contributed by atoms with E-state index < -0.39 is 10.8 Å². The number of allylic oxidation sites excluding steroid dienone is 2. The maximum atomic E-state index is 11.4. The van der Waals surface area contributed by atoms with Crippen LogP contribution in [0.3, 0.4) is 0 Å². The van der Waals surface area contributed by atoms with Crippen LogP contribution in [0.1, 0.15) is 17.0 Å². The molecule has 1 unspecified atom stereocenters. The van der Waals surface area contributed by atoms with E-state index in [0.717, 1.165) is 0 Å². The van der Waals surface area contributed by atoms with Crippen LogP contribution in [0, 0.1) is 21.4 Å². The second-order valence-electron chi connectivity index (χ2n) is 5.79. The highest BCUT2D eigenvalue weighted by Gasteiger charge is 2.31. The molecule has 9 heteroatoms. The SMILES string of the molecule is COc1c(Br)cc(C2=CC(c3ccccc3[N+](=O)[O-])C(C#N)=C(N)O2)cc1Br. The molecule has 0 aromatic heterocycles. The minimum atomic E-state index is -0.713. The van der Waals surface area contributed by atoms with Gasteiger partial charge in [0.25, 0.3) is 5.69 Å². The largest absolute Gasteiger partial charge is 0.494 e. The number of nitrogens with zero attached hydrogens (tertiary/aromatic N) is 2. The van der Waals surface area contributed by atoms with Crippen molar-refractivity contribution < 1.29 is 14.4 Å². The molecule has 7 nitrogen and oxygen atoms in total. The summed E-state index contributed by atoms with van der Waals surface area (Å²) in [6, 6.07) is 11.8. The van der Waals surface area contributed by atoms with Crippen molar-refractivity contribution in [3.63, 3.8) is 0 Å². The lowest BCUT2D eigenvalue weighted by Crippen LogP contribution is -2.17. The Bertz CT molecular complexity index is 1050. The van der Waals surface area contributed by atoms with Crippen LogP contribution in [0.5, 0.6) is 5.75 Å². The van der Waals surface area contributed by atoms with Crippen LogP contribution in [0.2, 0.25) is 0 Å². The highest BCUT2D eigenvalue weighted by molar-refractivity contribution is 9.11. The zero-order valence-corrected chi connectivity index (χ0v) is 17.7. The standard InChI is InChI=1S/C19H13Br2N3O4/c1-27-18-14(20)6-10(7-15(18)21)17-8-12(13(9-22)19(23)28-17)11-4-2-3-5-16(11)24(25)26/h2-8,12H,23H2,1H3. The van der Waals surface area contributed by atoms with Crippen molar-refractivity contribution in [2.75, 3.05) is 7.11 Å². The molecule has 2 aromatic carbocycles. The van der Waals surface area contributed by atoms with Crippen LogP contribution in [0.25, 0.3) is 5.76 Å². The first-order chi connectivity index (χ1) is 13.4. The van der Waals surface area contributed by atoms with E-state index in [1.165, 1.54) is 6.07 Å². The number of hydrogen-bond acceptors (Lipinski definition) is 6. The molecule has 2 aromatic rings. The number of nitrogens with two attached hydrogens (primary N) is 1. The van der Waals surface area contributed by atoms with Crippen molar-refractivity contribution in [2.45, 2.75) is 5.92 Å². The first-order valence-electron chi connectivity index (χ1n) is 7.93. The molecule has 142 valence electrons. The summed E-state index contributed by atoms with van der Waals surface area (Å²) in [5.41, 5.74) is 7.02. The Kier molecular flexibility index (Phi) is 5.72. The predicted octanol–water partition coefficient (Wildman–Crippen LogP) is 4.98. The number of nitro groups is 1. The molecule has 0 aliphatic carbocycles. The number of rotatable bonds is 4. The molecular weight excluding hydrogens is 494 g/mol. The summed E-state index contributed by atoms with van der Waals surface area (Å²) in [6.45, 7) is 0. The van der Waals surface area contributed by atoms with Crippen LogP contribution in [-0.4, -0.2) is 12.0 Å². The monoisotopic (exact) mass is 505 g/mol. The predicted molar refractivity (Wildman–Crippen MR) is 110 cm³/mol. The van der Waals surface area contributed by atoms with Gasteiger partial charge in [0.2, 0.25) is 5.88 Å². The molecule has 2 N–H and O–H groups in total. The van der Waals surface area contributed by atoms with Gasteiger partial charge in [-0.1, -0.05) is 18.2 Å². The lowest BCUT2D eigenvalue weighted by molar-refractivity contribution is -0.385. The molecule has 0 fully saturated rings. The first kappa shape index (κ1) is 19.9. The Hall–Kier alpha value is -2.83. The van der Waals surface area contributed by atoms with Crippen molar-refractivity contribution in [1.82, 2.24) is 0 Å². The van der Waals surface area contributed by atoms with Crippen LogP contribution in [0.4, 0.5) is 5.69 Å². The highest BCUT2D eigenvalue weighted by atomic mass is 79.9. The van der Waals surface area contributed by atoms with Gasteiger partial charge in [-0.05, 0) is 50.1 Å².